The number of allylic oxidation sites excluding steroid dienone is 1. The maximum absolute atomic E-state index is 13.1. The molecule has 1 unspecified atom stereocenters. The summed E-state index contributed by atoms with van der Waals surface area (Å²) in [5.41, 5.74) is 1.01. The highest BCUT2D eigenvalue weighted by Gasteiger charge is 2.22. The van der Waals surface area contributed by atoms with Crippen LogP contribution in [0.5, 0.6) is 0 Å². The summed E-state index contributed by atoms with van der Waals surface area (Å²) in [6.45, 7) is 3.43. The third kappa shape index (κ3) is 4.29. The van der Waals surface area contributed by atoms with Gasteiger partial charge in [0.1, 0.15) is 23.5 Å². The molecular weight excluding hydrogens is 283 g/mol. The zero-order valence-corrected chi connectivity index (χ0v) is 12.1. The van der Waals surface area contributed by atoms with E-state index in [1.807, 2.05) is 0 Å². The molecule has 0 saturated carbocycles. The second-order valence-electron chi connectivity index (χ2n) is 4.91. The van der Waals surface area contributed by atoms with E-state index < -0.39 is 0 Å². The van der Waals surface area contributed by atoms with Crippen LogP contribution in [0.2, 0.25) is 0 Å². The first-order valence-corrected chi connectivity index (χ1v) is 7.05. The molecule has 0 aromatic heterocycles. The largest absolute Gasteiger partial charge is 0.387 e. The van der Waals surface area contributed by atoms with Gasteiger partial charge in [-0.3, -0.25) is 4.90 Å². The van der Waals surface area contributed by atoms with Crippen molar-refractivity contribution in [2.45, 2.75) is 6.04 Å². The molecule has 6 heteroatoms. The van der Waals surface area contributed by atoms with Gasteiger partial charge in [0.15, 0.2) is 0 Å². The van der Waals surface area contributed by atoms with Crippen LogP contribution in [0.15, 0.2) is 36.0 Å². The molecule has 1 aromatic rings. The van der Waals surface area contributed by atoms with Crippen molar-refractivity contribution < 1.29 is 9.13 Å². The number of halogens is 1. The fourth-order valence-corrected chi connectivity index (χ4v) is 2.39. The number of hydrogen-bond donors (Lipinski definition) is 1. The average Bonchev–Trinajstić information content (AvgIpc) is 2.57. The zero-order valence-electron chi connectivity index (χ0n) is 12.1. The predicted molar refractivity (Wildman–Crippen MR) is 78.8 cm³/mol. The van der Waals surface area contributed by atoms with Crippen LogP contribution in [-0.4, -0.2) is 37.7 Å². The van der Waals surface area contributed by atoms with Gasteiger partial charge in [-0.1, -0.05) is 12.1 Å². The molecule has 1 fully saturated rings. The highest BCUT2D eigenvalue weighted by Crippen LogP contribution is 2.21. The number of nitrogens with one attached hydrogen (secondary N) is 1. The molecule has 1 aliphatic heterocycles. The SMILES string of the molecule is N#CC(C#N)=CNCC(c1ccc(F)cc1)N1CCOCC1. The molecule has 1 aromatic carbocycles. The topological polar surface area (TPSA) is 72.1 Å². The van der Waals surface area contributed by atoms with Gasteiger partial charge in [-0.15, -0.1) is 0 Å². The van der Waals surface area contributed by atoms with Crippen LogP contribution in [0.1, 0.15) is 11.6 Å². The minimum absolute atomic E-state index is 0.0272. The van der Waals surface area contributed by atoms with Crippen molar-refractivity contribution in [3.63, 3.8) is 0 Å². The quantitative estimate of drug-likeness (QED) is 0.838. The van der Waals surface area contributed by atoms with E-state index in [2.05, 4.69) is 10.2 Å². The van der Waals surface area contributed by atoms with Gasteiger partial charge in [-0.2, -0.15) is 10.5 Å². The molecule has 0 radical (unpaired) electrons. The lowest BCUT2D eigenvalue weighted by molar-refractivity contribution is 0.0167. The fourth-order valence-electron chi connectivity index (χ4n) is 2.39. The fraction of sp³-hybridized carbons (Fsp3) is 0.375. The Kier molecular flexibility index (Phi) is 5.91. The third-order valence-electron chi connectivity index (χ3n) is 3.54. The van der Waals surface area contributed by atoms with Crippen molar-refractivity contribution in [3.05, 3.63) is 47.4 Å². The summed E-state index contributed by atoms with van der Waals surface area (Å²) in [5, 5.41) is 20.5. The number of ether oxygens (including phenoxy) is 1. The van der Waals surface area contributed by atoms with Gasteiger partial charge in [0.2, 0.25) is 0 Å². The van der Waals surface area contributed by atoms with Gasteiger partial charge in [-0.05, 0) is 17.7 Å². The number of hydrogen-bond acceptors (Lipinski definition) is 5. The normalized spacial score (nSPS) is 16.1. The monoisotopic (exact) mass is 300 g/mol. The standard InChI is InChI=1S/C16H17FN4O/c17-15-3-1-14(2-4-15)16(21-5-7-22-8-6-21)12-20-11-13(9-18)10-19/h1-4,11,16,20H,5-8,12H2. The molecule has 22 heavy (non-hydrogen) atoms. The van der Waals surface area contributed by atoms with Gasteiger partial charge in [0, 0.05) is 25.8 Å². The van der Waals surface area contributed by atoms with Gasteiger partial charge in [-0.25, -0.2) is 4.39 Å². The minimum Gasteiger partial charge on any atom is -0.387 e. The molecule has 1 atom stereocenters. The van der Waals surface area contributed by atoms with E-state index in [1.165, 1.54) is 18.3 Å². The lowest BCUT2D eigenvalue weighted by Gasteiger charge is -2.34. The van der Waals surface area contributed by atoms with Crippen LogP contribution >= 0.6 is 0 Å². The Morgan fingerprint density at radius 2 is 1.91 bits per heavy atom. The molecule has 0 aliphatic carbocycles. The molecule has 1 heterocycles. The molecule has 1 N–H and O–H groups in total. The summed E-state index contributed by atoms with van der Waals surface area (Å²) in [6.07, 6.45) is 1.41. The number of benzene rings is 1. The van der Waals surface area contributed by atoms with Crippen LogP contribution in [0, 0.1) is 28.5 Å². The summed E-state index contributed by atoms with van der Waals surface area (Å²) < 4.78 is 18.5. The Bertz CT molecular complexity index is 578. The number of rotatable bonds is 5. The smallest absolute Gasteiger partial charge is 0.145 e. The average molecular weight is 300 g/mol. The van der Waals surface area contributed by atoms with E-state index in [0.717, 1.165) is 18.7 Å². The van der Waals surface area contributed by atoms with Crippen LogP contribution in [0.4, 0.5) is 4.39 Å². The van der Waals surface area contributed by atoms with Crippen LogP contribution < -0.4 is 5.32 Å². The highest BCUT2D eigenvalue weighted by atomic mass is 19.1. The first-order valence-electron chi connectivity index (χ1n) is 7.05. The number of nitrogens with zero attached hydrogens (tertiary/aromatic N) is 3. The van der Waals surface area contributed by atoms with E-state index in [9.17, 15) is 4.39 Å². The van der Waals surface area contributed by atoms with Crippen LogP contribution in [-0.2, 0) is 4.74 Å². The van der Waals surface area contributed by atoms with Crippen LogP contribution in [0.3, 0.4) is 0 Å². The molecule has 1 aliphatic rings. The van der Waals surface area contributed by atoms with Crippen molar-refractivity contribution in [2.24, 2.45) is 0 Å². The molecule has 5 nitrogen and oxygen atoms in total. The third-order valence-corrected chi connectivity index (χ3v) is 3.54. The Morgan fingerprint density at radius 1 is 1.27 bits per heavy atom. The maximum Gasteiger partial charge on any atom is 0.145 e. The second-order valence-corrected chi connectivity index (χ2v) is 4.91. The van der Waals surface area contributed by atoms with E-state index in [4.69, 9.17) is 15.3 Å². The molecule has 0 amide bonds. The van der Waals surface area contributed by atoms with Crippen molar-refractivity contribution in [2.75, 3.05) is 32.8 Å². The number of morpholine rings is 1. The first kappa shape index (κ1) is 16.0. The molecule has 0 bridgehead atoms. The summed E-state index contributed by atoms with van der Waals surface area (Å²) in [5.74, 6) is -0.270. The van der Waals surface area contributed by atoms with E-state index in [-0.39, 0.29) is 17.4 Å². The summed E-state index contributed by atoms with van der Waals surface area (Å²) in [4.78, 5) is 2.25. The van der Waals surface area contributed by atoms with E-state index >= 15 is 0 Å². The summed E-state index contributed by atoms with van der Waals surface area (Å²) in [6, 6.07) is 10.0. The predicted octanol–water partition coefficient (Wildman–Crippen LogP) is 1.72. The van der Waals surface area contributed by atoms with Crippen molar-refractivity contribution in [3.8, 4) is 12.1 Å². The Labute approximate surface area is 129 Å². The van der Waals surface area contributed by atoms with Crippen molar-refractivity contribution >= 4 is 0 Å². The highest BCUT2D eigenvalue weighted by molar-refractivity contribution is 5.34. The molecular formula is C16H17FN4O. The minimum atomic E-state index is -0.270. The number of nitriles is 2. The van der Waals surface area contributed by atoms with E-state index in [0.29, 0.717) is 19.8 Å². The zero-order chi connectivity index (χ0) is 15.8. The Hall–Kier alpha value is -2.41. The second kappa shape index (κ2) is 8.14. The lowest BCUT2D eigenvalue weighted by atomic mass is 10.0. The molecule has 0 spiro atoms. The summed E-state index contributed by atoms with van der Waals surface area (Å²) >= 11 is 0. The van der Waals surface area contributed by atoms with Gasteiger partial charge < -0.3 is 10.1 Å². The molecule has 2 rings (SSSR count). The van der Waals surface area contributed by atoms with Crippen molar-refractivity contribution in [1.29, 1.82) is 10.5 Å². The van der Waals surface area contributed by atoms with Crippen molar-refractivity contribution in [1.82, 2.24) is 10.2 Å². The van der Waals surface area contributed by atoms with Gasteiger partial charge in [0.25, 0.3) is 0 Å². The maximum atomic E-state index is 13.1. The Morgan fingerprint density at radius 3 is 2.50 bits per heavy atom. The van der Waals surface area contributed by atoms with Crippen LogP contribution in [0.25, 0.3) is 0 Å². The Balaban J connectivity index is 2.11. The lowest BCUT2D eigenvalue weighted by Crippen LogP contribution is -2.42. The summed E-state index contributed by atoms with van der Waals surface area (Å²) in [7, 11) is 0. The van der Waals surface area contributed by atoms with Gasteiger partial charge >= 0.3 is 0 Å². The van der Waals surface area contributed by atoms with Gasteiger partial charge in [0.05, 0.1) is 19.3 Å². The molecule has 114 valence electrons. The van der Waals surface area contributed by atoms with E-state index in [1.54, 1.807) is 24.3 Å². The first-order chi connectivity index (χ1) is 10.7. The molecule has 1 saturated heterocycles.